The molecule has 1 aliphatic heterocycles. The Labute approximate surface area is 120 Å². The Morgan fingerprint density at radius 1 is 1.00 bits per heavy atom. The second-order valence-corrected chi connectivity index (χ2v) is 6.48. The van der Waals surface area contributed by atoms with Crippen LogP contribution < -0.4 is 5.32 Å². The minimum Gasteiger partial charge on any atom is -0.364 e. The lowest BCUT2D eigenvalue weighted by molar-refractivity contribution is 0.0569. The summed E-state index contributed by atoms with van der Waals surface area (Å²) in [6, 6.07) is 8.47. The number of benzene rings is 1. The molecule has 0 spiro atoms. The van der Waals surface area contributed by atoms with Gasteiger partial charge in [0, 0.05) is 11.7 Å². The van der Waals surface area contributed by atoms with E-state index in [-0.39, 0.29) is 12.1 Å². The van der Waals surface area contributed by atoms with Crippen molar-refractivity contribution in [3.8, 4) is 0 Å². The van der Waals surface area contributed by atoms with Gasteiger partial charge in [0.15, 0.2) is 0 Å². The lowest BCUT2D eigenvalue weighted by Crippen LogP contribution is -2.53. The molecule has 1 heterocycles. The standard InChI is InChI=1S/C17H22N2O/c20-17-14-8-4-5-9-15(14)18-16(19(17)13-10-11-13)12-6-2-1-3-7-12/h4-5,8-9,12-13,16,18H,1-3,6-7,10-11H2/t16-/m1/s1. The van der Waals surface area contributed by atoms with Crippen molar-refractivity contribution < 1.29 is 4.79 Å². The molecule has 2 saturated carbocycles. The molecule has 1 aromatic carbocycles. The van der Waals surface area contributed by atoms with Crippen LogP contribution in [0.5, 0.6) is 0 Å². The van der Waals surface area contributed by atoms with Crippen molar-refractivity contribution in [3.63, 3.8) is 0 Å². The Kier molecular flexibility index (Phi) is 2.94. The molecule has 20 heavy (non-hydrogen) atoms. The van der Waals surface area contributed by atoms with Crippen LogP contribution in [-0.2, 0) is 0 Å². The molecule has 1 atom stereocenters. The number of carbonyl (C=O) groups excluding carboxylic acids is 1. The summed E-state index contributed by atoms with van der Waals surface area (Å²) >= 11 is 0. The molecular weight excluding hydrogens is 248 g/mol. The molecule has 0 bridgehead atoms. The Bertz CT molecular complexity index is 517. The number of fused-ring (bicyclic) bond motifs is 1. The molecule has 4 rings (SSSR count). The van der Waals surface area contributed by atoms with E-state index in [2.05, 4.69) is 10.2 Å². The first-order valence-electron chi connectivity index (χ1n) is 8.03. The van der Waals surface area contributed by atoms with E-state index in [0.29, 0.717) is 12.0 Å². The average molecular weight is 270 g/mol. The lowest BCUT2D eigenvalue weighted by Gasteiger charge is -2.43. The predicted octanol–water partition coefficient (Wildman–Crippen LogP) is 3.62. The Balaban J connectivity index is 1.68. The Morgan fingerprint density at radius 2 is 1.75 bits per heavy atom. The molecular formula is C17H22N2O. The highest BCUT2D eigenvalue weighted by molar-refractivity contribution is 6.02. The van der Waals surface area contributed by atoms with E-state index in [9.17, 15) is 4.79 Å². The first-order chi connectivity index (χ1) is 9.84. The second-order valence-electron chi connectivity index (χ2n) is 6.48. The van der Waals surface area contributed by atoms with Crippen LogP contribution >= 0.6 is 0 Å². The third-order valence-electron chi connectivity index (χ3n) is 5.03. The van der Waals surface area contributed by atoms with Gasteiger partial charge in [-0.25, -0.2) is 0 Å². The van der Waals surface area contributed by atoms with Crippen LogP contribution in [0.15, 0.2) is 24.3 Å². The summed E-state index contributed by atoms with van der Waals surface area (Å²) in [4.78, 5) is 15.0. The number of hydrogen-bond donors (Lipinski definition) is 1. The first kappa shape index (κ1) is 12.2. The molecule has 0 unspecified atom stereocenters. The first-order valence-corrected chi connectivity index (χ1v) is 8.03. The van der Waals surface area contributed by atoms with E-state index < -0.39 is 0 Å². The van der Waals surface area contributed by atoms with Gasteiger partial charge in [-0.05, 0) is 43.7 Å². The molecule has 3 heteroatoms. The number of hydrogen-bond acceptors (Lipinski definition) is 2. The molecule has 2 aliphatic carbocycles. The topological polar surface area (TPSA) is 32.3 Å². The summed E-state index contributed by atoms with van der Waals surface area (Å²) in [5, 5.41) is 3.67. The van der Waals surface area contributed by atoms with Crippen LogP contribution in [0.25, 0.3) is 0 Å². The summed E-state index contributed by atoms with van der Waals surface area (Å²) in [5.41, 5.74) is 1.89. The van der Waals surface area contributed by atoms with Crippen LogP contribution in [0.3, 0.4) is 0 Å². The molecule has 106 valence electrons. The Hall–Kier alpha value is -1.51. The fourth-order valence-corrected chi connectivity index (χ4v) is 3.83. The summed E-state index contributed by atoms with van der Waals surface area (Å²) in [5.74, 6) is 0.874. The maximum Gasteiger partial charge on any atom is 0.257 e. The monoisotopic (exact) mass is 270 g/mol. The van der Waals surface area contributed by atoms with Gasteiger partial charge in [-0.3, -0.25) is 4.79 Å². The molecule has 0 saturated heterocycles. The number of nitrogens with zero attached hydrogens (tertiary/aromatic N) is 1. The molecule has 3 nitrogen and oxygen atoms in total. The van der Waals surface area contributed by atoms with E-state index in [1.54, 1.807) is 0 Å². The fraction of sp³-hybridized carbons (Fsp3) is 0.588. The van der Waals surface area contributed by atoms with Crippen molar-refractivity contribution in [1.82, 2.24) is 4.90 Å². The molecule has 1 N–H and O–H groups in total. The van der Waals surface area contributed by atoms with E-state index in [1.165, 1.54) is 44.9 Å². The second kappa shape index (κ2) is 4.80. The number of anilines is 1. The fourth-order valence-electron chi connectivity index (χ4n) is 3.83. The highest BCUT2D eigenvalue weighted by Gasteiger charge is 2.44. The molecule has 1 aromatic rings. The van der Waals surface area contributed by atoms with E-state index >= 15 is 0 Å². The van der Waals surface area contributed by atoms with Crippen molar-refractivity contribution in [2.45, 2.75) is 57.2 Å². The number of para-hydroxylation sites is 1. The average Bonchev–Trinajstić information content (AvgIpc) is 3.33. The van der Waals surface area contributed by atoms with Crippen molar-refractivity contribution in [2.24, 2.45) is 5.92 Å². The number of nitrogens with one attached hydrogen (secondary N) is 1. The van der Waals surface area contributed by atoms with E-state index in [0.717, 1.165) is 11.3 Å². The van der Waals surface area contributed by atoms with Crippen molar-refractivity contribution in [2.75, 3.05) is 5.32 Å². The van der Waals surface area contributed by atoms with Gasteiger partial charge in [0.1, 0.15) is 6.17 Å². The SMILES string of the molecule is O=C1c2ccccc2N[C@@H](C2CCCCC2)N1C1CC1. The van der Waals surface area contributed by atoms with Crippen LogP contribution in [-0.4, -0.2) is 23.0 Å². The molecule has 3 aliphatic rings. The summed E-state index contributed by atoms with van der Waals surface area (Å²) < 4.78 is 0. The molecule has 0 aromatic heterocycles. The zero-order valence-electron chi connectivity index (χ0n) is 11.8. The number of rotatable bonds is 2. The predicted molar refractivity (Wildman–Crippen MR) is 79.6 cm³/mol. The van der Waals surface area contributed by atoms with E-state index in [4.69, 9.17) is 0 Å². The van der Waals surface area contributed by atoms with Gasteiger partial charge in [-0.1, -0.05) is 31.4 Å². The quantitative estimate of drug-likeness (QED) is 0.890. The highest BCUT2D eigenvalue weighted by Crippen LogP contribution is 2.40. The van der Waals surface area contributed by atoms with E-state index in [1.807, 2.05) is 24.3 Å². The van der Waals surface area contributed by atoms with Gasteiger partial charge >= 0.3 is 0 Å². The normalized spacial score (nSPS) is 27.1. The summed E-state index contributed by atoms with van der Waals surface area (Å²) in [6.45, 7) is 0. The van der Waals surface area contributed by atoms with Crippen LogP contribution in [0.1, 0.15) is 55.3 Å². The van der Waals surface area contributed by atoms with Crippen LogP contribution in [0, 0.1) is 5.92 Å². The number of carbonyl (C=O) groups is 1. The smallest absolute Gasteiger partial charge is 0.257 e. The highest BCUT2D eigenvalue weighted by atomic mass is 16.2. The van der Waals surface area contributed by atoms with Gasteiger partial charge in [0.05, 0.1) is 5.56 Å². The third kappa shape index (κ3) is 2.00. The zero-order chi connectivity index (χ0) is 13.5. The van der Waals surface area contributed by atoms with Crippen LogP contribution in [0.4, 0.5) is 5.69 Å². The molecule has 0 radical (unpaired) electrons. The van der Waals surface area contributed by atoms with Crippen molar-refractivity contribution >= 4 is 11.6 Å². The van der Waals surface area contributed by atoms with Gasteiger partial charge in [-0.15, -0.1) is 0 Å². The van der Waals surface area contributed by atoms with Crippen LogP contribution in [0.2, 0.25) is 0 Å². The lowest BCUT2D eigenvalue weighted by atomic mass is 9.85. The maximum atomic E-state index is 12.8. The third-order valence-corrected chi connectivity index (χ3v) is 5.03. The summed E-state index contributed by atoms with van der Waals surface area (Å²) in [7, 11) is 0. The zero-order valence-corrected chi connectivity index (χ0v) is 11.8. The minimum absolute atomic E-state index is 0.227. The van der Waals surface area contributed by atoms with Gasteiger partial charge in [-0.2, -0.15) is 0 Å². The van der Waals surface area contributed by atoms with Gasteiger partial charge < -0.3 is 10.2 Å². The van der Waals surface area contributed by atoms with Gasteiger partial charge in [0.2, 0.25) is 0 Å². The van der Waals surface area contributed by atoms with Gasteiger partial charge in [0.25, 0.3) is 5.91 Å². The summed E-state index contributed by atoms with van der Waals surface area (Å²) in [6.07, 6.45) is 9.10. The molecule has 2 fully saturated rings. The number of amides is 1. The Morgan fingerprint density at radius 3 is 2.50 bits per heavy atom. The van der Waals surface area contributed by atoms with Crippen molar-refractivity contribution in [1.29, 1.82) is 0 Å². The van der Waals surface area contributed by atoms with Crippen molar-refractivity contribution in [3.05, 3.63) is 29.8 Å². The molecule has 1 amide bonds. The largest absolute Gasteiger partial charge is 0.364 e. The maximum absolute atomic E-state index is 12.8. The minimum atomic E-state index is 0.227.